The third-order valence-electron chi connectivity index (χ3n) is 7.44. The summed E-state index contributed by atoms with van der Waals surface area (Å²) in [6.45, 7) is 4.58. The lowest BCUT2D eigenvalue weighted by molar-refractivity contribution is 0.207. The quantitative estimate of drug-likeness (QED) is 0.572. The zero-order chi connectivity index (χ0) is 24.3. The highest BCUT2D eigenvalue weighted by Gasteiger charge is 2.49. The van der Waals surface area contributed by atoms with E-state index in [0.717, 1.165) is 17.4 Å². The topological polar surface area (TPSA) is 96.2 Å². The van der Waals surface area contributed by atoms with E-state index in [1.807, 2.05) is 7.05 Å². The van der Waals surface area contributed by atoms with E-state index in [-0.39, 0.29) is 16.8 Å². The van der Waals surface area contributed by atoms with Crippen molar-refractivity contribution in [1.82, 2.24) is 25.1 Å². The molecule has 4 heterocycles. The number of fused-ring (bicyclic) bond motifs is 2. The van der Waals surface area contributed by atoms with E-state index in [1.165, 1.54) is 38.1 Å². The molecule has 8 nitrogen and oxygen atoms in total. The fourth-order valence-electron chi connectivity index (χ4n) is 5.51. The Bertz CT molecular complexity index is 1290. The highest BCUT2D eigenvalue weighted by Crippen LogP contribution is 2.43. The number of aromatic nitrogens is 4. The molecule has 0 saturated carbocycles. The van der Waals surface area contributed by atoms with Gasteiger partial charge in [-0.1, -0.05) is 6.07 Å². The molecule has 1 aromatic carbocycles. The van der Waals surface area contributed by atoms with Crippen molar-refractivity contribution in [2.24, 2.45) is 7.05 Å². The van der Waals surface area contributed by atoms with Gasteiger partial charge in [0.25, 0.3) is 5.56 Å². The SMILES string of the molecule is CN(c1cnc(-c2ccc(-c3cc(F)n(C)c(=O)c3)cc2O)nn1)C1C[C@]2(C)CC[C@](C)(C1)N2. The molecule has 34 heavy (non-hydrogen) atoms. The molecule has 1 unspecified atom stereocenters. The van der Waals surface area contributed by atoms with E-state index in [9.17, 15) is 14.3 Å². The average molecular weight is 465 g/mol. The number of anilines is 1. The predicted octanol–water partition coefficient (Wildman–Crippen LogP) is 3.25. The van der Waals surface area contributed by atoms with Crippen LogP contribution in [0.4, 0.5) is 10.2 Å². The van der Waals surface area contributed by atoms with Crippen LogP contribution < -0.4 is 15.8 Å². The van der Waals surface area contributed by atoms with Crippen molar-refractivity contribution in [2.45, 2.75) is 56.7 Å². The fourth-order valence-corrected chi connectivity index (χ4v) is 5.51. The van der Waals surface area contributed by atoms with Gasteiger partial charge in [0.05, 0.1) is 11.8 Å². The van der Waals surface area contributed by atoms with E-state index in [4.69, 9.17) is 0 Å². The molecule has 2 bridgehead atoms. The number of hydrogen-bond donors (Lipinski definition) is 2. The van der Waals surface area contributed by atoms with Crippen molar-refractivity contribution in [3.05, 3.63) is 52.8 Å². The van der Waals surface area contributed by atoms with Crippen LogP contribution in [-0.4, -0.2) is 49.0 Å². The fraction of sp³-hybridized carbons (Fsp3) is 0.440. The van der Waals surface area contributed by atoms with Gasteiger partial charge in [-0.3, -0.25) is 9.36 Å². The molecule has 2 aliphatic rings. The largest absolute Gasteiger partial charge is 0.507 e. The Labute approximate surface area is 197 Å². The summed E-state index contributed by atoms with van der Waals surface area (Å²) in [4.78, 5) is 18.5. The Kier molecular flexibility index (Phi) is 5.20. The first kappa shape index (κ1) is 22.5. The van der Waals surface area contributed by atoms with Crippen molar-refractivity contribution >= 4 is 5.82 Å². The second kappa shape index (κ2) is 7.87. The van der Waals surface area contributed by atoms with Gasteiger partial charge in [0.1, 0.15) is 5.75 Å². The zero-order valence-electron chi connectivity index (χ0n) is 19.8. The van der Waals surface area contributed by atoms with Crippen LogP contribution in [0.25, 0.3) is 22.5 Å². The zero-order valence-corrected chi connectivity index (χ0v) is 19.8. The van der Waals surface area contributed by atoms with Gasteiger partial charge in [-0.15, -0.1) is 10.2 Å². The van der Waals surface area contributed by atoms with Crippen LogP contribution in [0.15, 0.2) is 41.3 Å². The summed E-state index contributed by atoms with van der Waals surface area (Å²) in [7, 11) is 3.40. The molecular weight excluding hydrogens is 435 g/mol. The van der Waals surface area contributed by atoms with Crippen LogP contribution in [-0.2, 0) is 7.05 Å². The molecule has 5 rings (SSSR count). The van der Waals surface area contributed by atoms with Crippen molar-refractivity contribution in [3.63, 3.8) is 0 Å². The van der Waals surface area contributed by atoms with Crippen LogP contribution in [0, 0.1) is 5.95 Å². The molecule has 2 saturated heterocycles. The van der Waals surface area contributed by atoms with Gasteiger partial charge in [-0.25, -0.2) is 4.98 Å². The molecule has 0 aliphatic carbocycles. The van der Waals surface area contributed by atoms with Crippen molar-refractivity contribution in [2.75, 3.05) is 11.9 Å². The van der Waals surface area contributed by atoms with E-state index in [2.05, 4.69) is 39.2 Å². The Morgan fingerprint density at radius 1 is 1.12 bits per heavy atom. The maximum absolute atomic E-state index is 14.0. The summed E-state index contributed by atoms with van der Waals surface area (Å²) in [5, 5.41) is 23.1. The molecule has 9 heteroatoms. The van der Waals surface area contributed by atoms with Gasteiger partial charge >= 0.3 is 0 Å². The summed E-state index contributed by atoms with van der Waals surface area (Å²) in [5.74, 6) is 0.259. The molecule has 3 aromatic rings. The first-order valence-electron chi connectivity index (χ1n) is 11.5. The lowest BCUT2D eigenvalue weighted by Gasteiger charge is -2.45. The summed E-state index contributed by atoms with van der Waals surface area (Å²) in [6, 6.07) is 7.73. The predicted molar refractivity (Wildman–Crippen MR) is 128 cm³/mol. The Hall–Kier alpha value is -3.33. The maximum atomic E-state index is 14.0. The molecule has 3 atom stereocenters. The molecule has 2 fully saturated rings. The number of phenolic OH excluding ortho intramolecular Hbond substituents is 1. The van der Waals surface area contributed by atoms with Gasteiger partial charge in [0.2, 0.25) is 0 Å². The molecular formula is C25H29FN6O2. The third kappa shape index (κ3) is 3.94. The van der Waals surface area contributed by atoms with Crippen LogP contribution >= 0.6 is 0 Å². The van der Waals surface area contributed by atoms with Crippen molar-refractivity contribution in [1.29, 1.82) is 0 Å². The standard InChI is InChI=1S/C25H29FN6O2/c1-24-7-8-25(2,30-24)13-17(12-24)31(3)21-14-27-23(29-28-21)18-6-5-15(9-19(18)33)16-10-20(26)32(4)22(34)11-16/h5-6,9-11,14,17,30,33H,7-8,12-13H2,1-4H3/t17?,24-,25+. The van der Waals surface area contributed by atoms with Crippen LogP contribution in [0.2, 0.25) is 0 Å². The summed E-state index contributed by atoms with van der Waals surface area (Å²) in [5.41, 5.74) is 1.14. The Morgan fingerprint density at radius 2 is 1.82 bits per heavy atom. The van der Waals surface area contributed by atoms with E-state index < -0.39 is 11.5 Å². The second-order valence-electron chi connectivity index (χ2n) is 10.3. The van der Waals surface area contributed by atoms with Gasteiger partial charge in [-0.05, 0) is 68.9 Å². The molecule has 2 aromatic heterocycles. The lowest BCUT2D eigenvalue weighted by atomic mass is 9.84. The minimum absolute atomic E-state index is 0.0720. The molecule has 2 N–H and O–H groups in total. The maximum Gasteiger partial charge on any atom is 0.253 e. The highest BCUT2D eigenvalue weighted by molar-refractivity contribution is 5.72. The average Bonchev–Trinajstić information content (AvgIpc) is 3.03. The van der Waals surface area contributed by atoms with E-state index >= 15 is 0 Å². The number of nitrogens with zero attached hydrogens (tertiary/aromatic N) is 5. The van der Waals surface area contributed by atoms with Crippen LogP contribution in [0.1, 0.15) is 39.5 Å². The van der Waals surface area contributed by atoms with Gasteiger partial charge in [-0.2, -0.15) is 4.39 Å². The number of phenols is 1. The summed E-state index contributed by atoms with van der Waals surface area (Å²) >= 11 is 0. The van der Waals surface area contributed by atoms with Gasteiger partial charge < -0.3 is 15.3 Å². The number of pyridine rings is 1. The number of halogens is 1. The number of aromatic hydroxyl groups is 1. The smallest absolute Gasteiger partial charge is 0.253 e. The third-order valence-corrected chi connectivity index (χ3v) is 7.44. The van der Waals surface area contributed by atoms with Crippen molar-refractivity contribution in [3.8, 4) is 28.3 Å². The van der Waals surface area contributed by atoms with Crippen LogP contribution in [0.3, 0.4) is 0 Å². The molecule has 178 valence electrons. The monoisotopic (exact) mass is 464 g/mol. The molecule has 2 aliphatic heterocycles. The van der Waals surface area contributed by atoms with Crippen molar-refractivity contribution < 1.29 is 9.50 Å². The normalized spacial score (nSPS) is 26.0. The minimum atomic E-state index is -0.650. The molecule has 0 radical (unpaired) electrons. The van der Waals surface area contributed by atoms with Gasteiger partial charge in [0.15, 0.2) is 17.6 Å². The second-order valence-corrected chi connectivity index (χ2v) is 10.3. The molecule has 0 amide bonds. The molecule has 0 spiro atoms. The first-order valence-corrected chi connectivity index (χ1v) is 11.5. The lowest BCUT2D eigenvalue weighted by Crippen LogP contribution is -2.58. The Morgan fingerprint density at radius 3 is 2.41 bits per heavy atom. The number of nitrogens with one attached hydrogen (secondary N) is 1. The number of piperidine rings is 1. The Balaban J connectivity index is 1.37. The number of rotatable bonds is 4. The van der Waals surface area contributed by atoms with E-state index in [1.54, 1.807) is 18.3 Å². The summed E-state index contributed by atoms with van der Waals surface area (Å²) < 4.78 is 14.9. The summed E-state index contributed by atoms with van der Waals surface area (Å²) in [6.07, 6.45) is 6.11. The van der Waals surface area contributed by atoms with E-state index in [0.29, 0.717) is 34.4 Å². The first-order chi connectivity index (χ1) is 16.1. The number of hydrogen-bond acceptors (Lipinski definition) is 7. The number of benzene rings is 1. The van der Waals surface area contributed by atoms with Gasteiger partial charge in [0, 0.05) is 37.3 Å². The highest BCUT2D eigenvalue weighted by atomic mass is 19.1. The van der Waals surface area contributed by atoms with Crippen LogP contribution in [0.5, 0.6) is 5.75 Å². The minimum Gasteiger partial charge on any atom is -0.507 e.